The molecule has 1 aromatic rings. The number of amides is 2. The second kappa shape index (κ2) is 9.30. The van der Waals surface area contributed by atoms with Gasteiger partial charge in [-0.2, -0.15) is 0 Å². The van der Waals surface area contributed by atoms with Crippen LogP contribution in [0.15, 0.2) is 24.3 Å². The highest BCUT2D eigenvalue weighted by atomic mass is 16.6. The zero-order valence-electron chi connectivity index (χ0n) is 15.5. The zero-order valence-corrected chi connectivity index (χ0v) is 15.5. The largest absolute Gasteiger partial charge is 0.450 e. The van der Waals surface area contributed by atoms with E-state index >= 15 is 0 Å². The molecule has 1 aliphatic heterocycles. The first-order valence-corrected chi connectivity index (χ1v) is 9.16. The van der Waals surface area contributed by atoms with Crippen LogP contribution < -0.4 is 10.2 Å². The molecule has 1 saturated heterocycles. The molecule has 0 saturated carbocycles. The Hall–Kier alpha value is -2.24. The summed E-state index contributed by atoms with van der Waals surface area (Å²) in [6.07, 6.45) is 1.28. The lowest BCUT2D eigenvalue weighted by Gasteiger charge is -2.31. The lowest BCUT2D eigenvalue weighted by atomic mass is 9.97. The molecule has 1 N–H and O–H groups in total. The number of hydrogen-bond donors (Lipinski definition) is 1. The first-order chi connectivity index (χ1) is 12.1. The van der Waals surface area contributed by atoms with Gasteiger partial charge in [-0.15, -0.1) is 0 Å². The Bertz CT molecular complexity index is 570. The normalized spacial score (nSPS) is 17.1. The number of anilines is 2. The summed E-state index contributed by atoms with van der Waals surface area (Å²) >= 11 is 0. The maximum atomic E-state index is 12.5. The van der Waals surface area contributed by atoms with Crippen molar-refractivity contribution in [2.24, 2.45) is 5.92 Å². The van der Waals surface area contributed by atoms with Gasteiger partial charge >= 0.3 is 6.09 Å². The van der Waals surface area contributed by atoms with Gasteiger partial charge in [-0.3, -0.25) is 4.79 Å². The molecule has 1 aromatic carbocycles. The minimum absolute atomic E-state index is 0.0374. The van der Waals surface area contributed by atoms with Crippen LogP contribution in [-0.2, 0) is 9.53 Å². The average Bonchev–Trinajstić information content (AvgIpc) is 2.64. The summed E-state index contributed by atoms with van der Waals surface area (Å²) in [5.41, 5.74) is 1.93. The maximum Gasteiger partial charge on any atom is 0.409 e. The van der Waals surface area contributed by atoms with E-state index in [1.165, 1.54) is 0 Å². The van der Waals surface area contributed by atoms with Crippen LogP contribution in [0.4, 0.5) is 16.2 Å². The fraction of sp³-hybridized carbons (Fsp3) is 0.579. The molecule has 1 fully saturated rings. The predicted octanol–water partition coefficient (Wildman–Crippen LogP) is 3.34. The molecule has 0 aliphatic carbocycles. The Labute approximate surface area is 150 Å². The Kier molecular flexibility index (Phi) is 7.10. The average molecular weight is 347 g/mol. The van der Waals surface area contributed by atoms with E-state index in [9.17, 15) is 9.59 Å². The Morgan fingerprint density at radius 2 is 1.88 bits per heavy atom. The fourth-order valence-electron chi connectivity index (χ4n) is 3.16. The van der Waals surface area contributed by atoms with Crippen LogP contribution in [0.1, 0.15) is 33.6 Å². The van der Waals surface area contributed by atoms with E-state index in [1.807, 2.05) is 24.3 Å². The van der Waals surface area contributed by atoms with Crippen LogP contribution in [0.2, 0.25) is 0 Å². The molecule has 1 unspecified atom stereocenters. The number of nitrogens with one attached hydrogen (secondary N) is 1. The second-order valence-corrected chi connectivity index (χ2v) is 6.19. The van der Waals surface area contributed by atoms with Crippen molar-refractivity contribution in [1.82, 2.24) is 4.90 Å². The van der Waals surface area contributed by atoms with Crippen LogP contribution in [-0.4, -0.2) is 49.7 Å². The molecule has 1 aliphatic rings. The number of piperidine rings is 1. The summed E-state index contributed by atoms with van der Waals surface area (Å²) in [6, 6.07) is 7.90. The van der Waals surface area contributed by atoms with Gasteiger partial charge in [0.2, 0.25) is 5.91 Å². The third-order valence-corrected chi connectivity index (χ3v) is 4.58. The van der Waals surface area contributed by atoms with Crippen molar-refractivity contribution in [3.63, 3.8) is 0 Å². The predicted molar refractivity (Wildman–Crippen MR) is 100.0 cm³/mol. The van der Waals surface area contributed by atoms with Crippen LogP contribution in [0.5, 0.6) is 0 Å². The molecule has 25 heavy (non-hydrogen) atoms. The molecule has 0 aromatic heterocycles. The minimum atomic E-state index is -0.330. The third-order valence-electron chi connectivity index (χ3n) is 4.58. The smallest absolute Gasteiger partial charge is 0.409 e. The number of nitrogens with zero attached hydrogens (tertiary/aromatic N) is 2. The summed E-state index contributed by atoms with van der Waals surface area (Å²) in [6.45, 7) is 9.36. The molecule has 6 nitrogen and oxygen atoms in total. The van der Waals surface area contributed by atoms with Gasteiger partial charge in [-0.05, 0) is 57.9 Å². The zero-order chi connectivity index (χ0) is 18.2. The number of benzene rings is 1. The molecule has 0 bridgehead atoms. The van der Waals surface area contributed by atoms with Crippen molar-refractivity contribution < 1.29 is 14.3 Å². The van der Waals surface area contributed by atoms with Crippen LogP contribution in [0.3, 0.4) is 0 Å². The Morgan fingerprint density at radius 1 is 1.20 bits per heavy atom. The van der Waals surface area contributed by atoms with E-state index in [0.717, 1.165) is 37.3 Å². The van der Waals surface area contributed by atoms with Crippen molar-refractivity contribution in [2.45, 2.75) is 33.6 Å². The molecule has 138 valence electrons. The van der Waals surface area contributed by atoms with Gasteiger partial charge in [0.15, 0.2) is 0 Å². The molecule has 1 atom stereocenters. The van der Waals surface area contributed by atoms with Gasteiger partial charge < -0.3 is 19.9 Å². The third kappa shape index (κ3) is 5.11. The number of rotatable bonds is 6. The number of likely N-dealkylation sites (tertiary alicyclic amines) is 1. The summed E-state index contributed by atoms with van der Waals surface area (Å²) < 4.78 is 5.04. The van der Waals surface area contributed by atoms with Crippen molar-refractivity contribution in [2.75, 3.05) is 43.0 Å². The van der Waals surface area contributed by atoms with Crippen LogP contribution >= 0.6 is 0 Å². The molecule has 2 rings (SSSR count). The van der Waals surface area contributed by atoms with Gasteiger partial charge in [0.1, 0.15) is 0 Å². The van der Waals surface area contributed by atoms with E-state index in [2.05, 4.69) is 24.1 Å². The van der Waals surface area contributed by atoms with Gasteiger partial charge in [0.05, 0.1) is 12.5 Å². The molecular formula is C19H29N3O3. The highest BCUT2D eigenvalue weighted by Crippen LogP contribution is 2.21. The lowest BCUT2D eigenvalue weighted by molar-refractivity contribution is -0.121. The van der Waals surface area contributed by atoms with Crippen molar-refractivity contribution in [1.29, 1.82) is 0 Å². The molecule has 2 amide bonds. The topological polar surface area (TPSA) is 61.9 Å². The summed E-state index contributed by atoms with van der Waals surface area (Å²) in [5.74, 6) is -0.231. The molecule has 1 heterocycles. The van der Waals surface area contributed by atoms with E-state index < -0.39 is 0 Å². The van der Waals surface area contributed by atoms with Crippen LogP contribution in [0.25, 0.3) is 0 Å². The first-order valence-electron chi connectivity index (χ1n) is 9.16. The quantitative estimate of drug-likeness (QED) is 0.857. The molecule has 0 radical (unpaired) electrons. The van der Waals surface area contributed by atoms with Gasteiger partial charge in [0.25, 0.3) is 0 Å². The summed E-state index contributed by atoms with van der Waals surface area (Å²) in [4.78, 5) is 28.3. The lowest BCUT2D eigenvalue weighted by Crippen LogP contribution is -2.44. The Balaban J connectivity index is 1.93. The monoisotopic (exact) mass is 347 g/mol. The van der Waals surface area contributed by atoms with Crippen molar-refractivity contribution >= 4 is 23.4 Å². The SMILES string of the molecule is CCOC(=O)N1CCCC(C(=O)Nc2ccc(N(CC)CC)cc2)C1. The molecular weight excluding hydrogens is 318 g/mol. The van der Waals surface area contributed by atoms with Gasteiger partial charge in [-0.1, -0.05) is 0 Å². The van der Waals surface area contributed by atoms with Crippen molar-refractivity contribution in [3.05, 3.63) is 24.3 Å². The summed E-state index contributed by atoms with van der Waals surface area (Å²) in [5, 5.41) is 2.97. The number of carbonyl (C=O) groups is 2. The standard InChI is InChI=1S/C19H29N3O3/c1-4-21(5-2)17-11-9-16(10-12-17)20-18(23)15-8-7-13-22(14-15)19(24)25-6-3/h9-12,15H,4-8,13-14H2,1-3H3,(H,20,23). The summed E-state index contributed by atoms with van der Waals surface area (Å²) in [7, 11) is 0. The van der Waals surface area contributed by atoms with E-state index in [0.29, 0.717) is 19.7 Å². The van der Waals surface area contributed by atoms with Crippen molar-refractivity contribution in [3.8, 4) is 0 Å². The maximum absolute atomic E-state index is 12.5. The minimum Gasteiger partial charge on any atom is -0.450 e. The van der Waals surface area contributed by atoms with E-state index in [-0.39, 0.29) is 17.9 Å². The van der Waals surface area contributed by atoms with Gasteiger partial charge in [0, 0.05) is 37.6 Å². The number of carbonyl (C=O) groups excluding carboxylic acids is 2. The number of hydrogen-bond acceptors (Lipinski definition) is 4. The second-order valence-electron chi connectivity index (χ2n) is 6.19. The number of ether oxygens (including phenoxy) is 1. The molecule has 0 spiro atoms. The Morgan fingerprint density at radius 3 is 2.48 bits per heavy atom. The first kappa shape index (κ1) is 19.1. The highest BCUT2D eigenvalue weighted by Gasteiger charge is 2.29. The van der Waals surface area contributed by atoms with Gasteiger partial charge in [-0.25, -0.2) is 4.79 Å². The fourth-order valence-corrected chi connectivity index (χ4v) is 3.16. The van der Waals surface area contributed by atoms with Crippen LogP contribution in [0, 0.1) is 5.92 Å². The van der Waals surface area contributed by atoms with E-state index in [1.54, 1.807) is 11.8 Å². The molecule has 6 heteroatoms. The van der Waals surface area contributed by atoms with E-state index in [4.69, 9.17) is 4.74 Å². The highest BCUT2D eigenvalue weighted by molar-refractivity contribution is 5.93.